The van der Waals surface area contributed by atoms with Crippen molar-refractivity contribution in [3.8, 4) is 0 Å². The van der Waals surface area contributed by atoms with E-state index < -0.39 is 0 Å². The van der Waals surface area contributed by atoms with Crippen molar-refractivity contribution in [2.75, 3.05) is 5.75 Å². The minimum Gasteiger partial charge on any atom is -0.0854 e. The van der Waals surface area contributed by atoms with Gasteiger partial charge in [0.15, 0.2) is 0 Å². The van der Waals surface area contributed by atoms with E-state index >= 15 is 0 Å². The van der Waals surface area contributed by atoms with E-state index in [0.717, 1.165) is 0 Å². The number of hydrogen-bond donors (Lipinski definition) is 0. The molecule has 0 bridgehead atoms. The molecule has 6 heavy (non-hydrogen) atoms. The van der Waals surface area contributed by atoms with E-state index in [1.54, 1.807) is 0 Å². The quantitative estimate of drug-likeness (QED) is 0.399. The Morgan fingerprint density at radius 3 is 2.50 bits per heavy atom. The molecule has 1 rings (SSSR count). The van der Waals surface area contributed by atoms with Gasteiger partial charge in [0.1, 0.15) is 0 Å². The van der Waals surface area contributed by atoms with E-state index in [-0.39, 0.29) is 17.1 Å². The molecule has 0 amide bonds. The normalized spacial score (nSPS) is 17.3. The van der Waals surface area contributed by atoms with Gasteiger partial charge in [-0.1, -0.05) is 27.7 Å². The zero-order valence-electron chi connectivity index (χ0n) is 2.98. The monoisotopic (exact) mass is 167 g/mol. The van der Waals surface area contributed by atoms with Crippen molar-refractivity contribution in [3.63, 3.8) is 0 Å². The summed E-state index contributed by atoms with van der Waals surface area (Å²) in [6.45, 7) is 0. The average Bonchev–Trinajstić information content (AvgIpc) is 1.76. The van der Waals surface area contributed by atoms with Crippen molar-refractivity contribution in [2.45, 2.75) is 0 Å². The van der Waals surface area contributed by atoms with Crippen molar-refractivity contribution in [3.05, 3.63) is 11.5 Å². The van der Waals surface area contributed by atoms with Crippen molar-refractivity contribution in [2.24, 2.45) is 0 Å². The number of hydrogen-bond acceptors (Lipinski definition) is 2. The predicted octanol–water partition coefficient (Wildman–Crippen LogP) is 1.89. The summed E-state index contributed by atoms with van der Waals surface area (Å²) in [7, 11) is 3.69. The van der Waals surface area contributed by atoms with Gasteiger partial charge in [-0.25, -0.2) is 0 Å². The van der Waals surface area contributed by atoms with Crippen LogP contribution in [0.2, 0.25) is 0 Å². The van der Waals surface area contributed by atoms with Crippen molar-refractivity contribution < 1.29 is 17.1 Å². The topological polar surface area (TPSA) is 0 Å². The van der Waals surface area contributed by atoms with Crippen LogP contribution in [0.1, 0.15) is 0 Å². The Kier molecular flexibility index (Phi) is 4.79. The van der Waals surface area contributed by atoms with E-state index in [2.05, 4.69) is 11.5 Å². The molecule has 1 radical (unpaired) electrons. The Morgan fingerprint density at radius 1 is 1.50 bits per heavy atom. The maximum absolute atomic E-state index is 2.16. The summed E-state index contributed by atoms with van der Waals surface area (Å²) in [5.41, 5.74) is 0. The first-order chi connectivity index (χ1) is 2.50. The zero-order valence-corrected chi connectivity index (χ0v) is 5.55. The van der Waals surface area contributed by atoms with Crippen LogP contribution < -0.4 is 0 Å². The van der Waals surface area contributed by atoms with Crippen LogP contribution in [-0.4, -0.2) is 5.75 Å². The molecule has 0 atom stereocenters. The molecule has 0 unspecified atom stereocenters. The molecule has 0 aromatic rings. The molecule has 39 valence electrons. The Labute approximate surface area is 56.0 Å². The molecule has 0 saturated heterocycles. The van der Waals surface area contributed by atoms with Crippen LogP contribution >= 0.6 is 21.6 Å². The summed E-state index contributed by atoms with van der Waals surface area (Å²) in [5, 5.41) is 2.12. The van der Waals surface area contributed by atoms with Gasteiger partial charge in [0, 0.05) is 22.8 Å². The molecule has 0 aromatic carbocycles. The molecule has 0 nitrogen and oxygen atoms in total. The second-order valence-electron chi connectivity index (χ2n) is 0.753. The van der Waals surface area contributed by atoms with E-state index in [9.17, 15) is 0 Å². The molecule has 1 aliphatic heterocycles. The Bertz CT molecular complexity index is 46.8. The van der Waals surface area contributed by atoms with Gasteiger partial charge in [0.2, 0.25) is 0 Å². The first-order valence-corrected chi connectivity index (χ1v) is 3.81. The molecule has 0 fully saturated rings. The van der Waals surface area contributed by atoms with Crippen LogP contribution in [0.5, 0.6) is 0 Å². The van der Waals surface area contributed by atoms with Crippen molar-refractivity contribution >= 4 is 21.6 Å². The molecular formula is C3H4CuS2. The number of rotatable bonds is 0. The Morgan fingerprint density at radius 2 is 2.33 bits per heavy atom. The SMILES string of the molecule is C1=CSSC1.[Cu]. The van der Waals surface area contributed by atoms with Crippen molar-refractivity contribution in [1.82, 2.24) is 0 Å². The van der Waals surface area contributed by atoms with Gasteiger partial charge in [-0.3, -0.25) is 0 Å². The Balaban J connectivity index is 0.000000250. The summed E-state index contributed by atoms with van der Waals surface area (Å²) in [6.07, 6.45) is 2.16. The van der Waals surface area contributed by atoms with Gasteiger partial charge in [-0.15, -0.1) is 0 Å². The smallest absolute Gasteiger partial charge is 0.0229 e. The van der Waals surface area contributed by atoms with Crippen molar-refractivity contribution in [1.29, 1.82) is 0 Å². The van der Waals surface area contributed by atoms with E-state index in [1.165, 1.54) is 5.75 Å². The largest absolute Gasteiger partial charge is 0.0854 e. The van der Waals surface area contributed by atoms with Gasteiger partial charge >= 0.3 is 0 Å². The maximum Gasteiger partial charge on any atom is 0.0229 e. The first-order valence-electron chi connectivity index (χ1n) is 1.43. The summed E-state index contributed by atoms with van der Waals surface area (Å²) in [5.74, 6) is 1.20. The van der Waals surface area contributed by atoms with E-state index in [1.807, 2.05) is 21.6 Å². The minimum absolute atomic E-state index is 0. The van der Waals surface area contributed by atoms with Crippen LogP contribution in [0, 0.1) is 0 Å². The minimum atomic E-state index is 0. The fraction of sp³-hybridized carbons (Fsp3) is 0.333. The first kappa shape index (κ1) is 6.96. The maximum atomic E-state index is 2.16. The molecule has 0 spiro atoms. The van der Waals surface area contributed by atoms with Crippen LogP contribution in [0.15, 0.2) is 11.5 Å². The van der Waals surface area contributed by atoms with Crippen LogP contribution in [0.3, 0.4) is 0 Å². The van der Waals surface area contributed by atoms with E-state index in [4.69, 9.17) is 0 Å². The molecule has 3 heteroatoms. The second-order valence-corrected chi connectivity index (χ2v) is 3.07. The third-order valence-corrected chi connectivity index (χ3v) is 2.30. The molecular weight excluding hydrogens is 164 g/mol. The molecule has 0 aliphatic carbocycles. The summed E-state index contributed by atoms with van der Waals surface area (Å²) in [6, 6.07) is 0. The molecule has 0 N–H and O–H groups in total. The fourth-order valence-electron chi connectivity index (χ4n) is 0.196. The predicted molar refractivity (Wildman–Crippen MR) is 29.2 cm³/mol. The van der Waals surface area contributed by atoms with Gasteiger partial charge in [-0.2, -0.15) is 0 Å². The second kappa shape index (κ2) is 4.13. The molecule has 1 aliphatic rings. The van der Waals surface area contributed by atoms with E-state index in [0.29, 0.717) is 0 Å². The zero-order chi connectivity index (χ0) is 3.54. The fourth-order valence-corrected chi connectivity index (χ4v) is 1.77. The van der Waals surface area contributed by atoms with Crippen LogP contribution in [0.4, 0.5) is 0 Å². The van der Waals surface area contributed by atoms with Gasteiger partial charge in [0.25, 0.3) is 0 Å². The summed E-state index contributed by atoms with van der Waals surface area (Å²) >= 11 is 0. The van der Waals surface area contributed by atoms with Gasteiger partial charge in [0.05, 0.1) is 0 Å². The molecule has 1 heterocycles. The third kappa shape index (κ3) is 2.19. The Hall–Kier alpha value is 0.959. The average molecular weight is 168 g/mol. The van der Waals surface area contributed by atoms with Crippen LogP contribution in [-0.2, 0) is 17.1 Å². The molecule has 0 saturated carbocycles. The molecule has 0 aromatic heterocycles. The summed E-state index contributed by atoms with van der Waals surface area (Å²) in [4.78, 5) is 0. The van der Waals surface area contributed by atoms with Crippen LogP contribution in [0.25, 0.3) is 0 Å². The summed E-state index contributed by atoms with van der Waals surface area (Å²) < 4.78 is 0. The third-order valence-electron chi connectivity index (χ3n) is 0.384. The standard InChI is InChI=1S/C3H4S2.Cu/c1-2-4-5-3-1;/h1-2H,3H2;. The van der Waals surface area contributed by atoms with Gasteiger partial charge in [-0.05, 0) is 5.41 Å². The van der Waals surface area contributed by atoms with Gasteiger partial charge < -0.3 is 0 Å².